The molecule has 2 aromatic carbocycles. The molecule has 0 heterocycles. The lowest BCUT2D eigenvalue weighted by molar-refractivity contribution is -0.123. The summed E-state index contributed by atoms with van der Waals surface area (Å²) in [6, 6.07) is 18.5. The number of ether oxygens (including phenoxy) is 1. The SMILES string of the molecule is CC(COCc1ccccc1)NC(=O)C(N)c1ccccc1. The maximum Gasteiger partial charge on any atom is 0.241 e. The van der Waals surface area contributed by atoms with E-state index in [1.807, 2.05) is 67.6 Å². The van der Waals surface area contributed by atoms with E-state index in [0.29, 0.717) is 13.2 Å². The maximum atomic E-state index is 12.1. The van der Waals surface area contributed by atoms with Crippen LogP contribution in [0.15, 0.2) is 60.7 Å². The van der Waals surface area contributed by atoms with E-state index in [1.54, 1.807) is 0 Å². The van der Waals surface area contributed by atoms with Crippen molar-refractivity contribution in [3.63, 3.8) is 0 Å². The van der Waals surface area contributed by atoms with Crippen LogP contribution in [0.25, 0.3) is 0 Å². The van der Waals surface area contributed by atoms with Crippen LogP contribution in [0.1, 0.15) is 24.1 Å². The van der Waals surface area contributed by atoms with E-state index in [9.17, 15) is 4.79 Å². The van der Waals surface area contributed by atoms with E-state index in [-0.39, 0.29) is 11.9 Å². The van der Waals surface area contributed by atoms with Gasteiger partial charge in [-0.3, -0.25) is 4.79 Å². The molecule has 22 heavy (non-hydrogen) atoms. The lowest BCUT2D eigenvalue weighted by Gasteiger charge is -2.18. The molecule has 1 amide bonds. The van der Waals surface area contributed by atoms with Crippen molar-refractivity contribution in [1.82, 2.24) is 5.32 Å². The van der Waals surface area contributed by atoms with Crippen LogP contribution in [0, 0.1) is 0 Å². The zero-order valence-electron chi connectivity index (χ0n) is 12.7. The van der Waals surface area contributed by atoms with Crippen LogP contribution in [0.3, 0.4) is 0 Å². The number of carbonyl (C=O) groups excluding carboxylic acids is 1. The molecule has 0 aromatic heterocycles. The first kappa shape index (κ1) is 16.2. The van der Waals surface area contributed by atoms with Crippen molar-refractivity contribution in [1.29, 1.82) is 0 Å². The number of nitrogens with one attached hydrogen (secondary N) is 1. The molecule has 0 saturated heterocycles. The van der Waals surface area contributed by atoms with Crippen LogP contribution < -0.4 is 11.1 Å². The highest BCUT2D eigenvalue weighted by Crippen LogP contribution is 2.09. The standard InChI is InChI=1S/C18H22N2O2/c1-14(12-22-13-15-8-4-2-5-9-15)20-18(21)17(19)16-10-6-3-7-11-16/h2-11,14,17H,12-13,19H2,1H3,(H,20,21). The smallest absolute Gasteiger partial charge is 0.241 e. The molecule has 0 bridgehead atoms. The van der Waals surface area contributed by atoms with Crippen LogP contribution in [0.2, 0.25) is 0 Å². The molecular weight excluding hydrogens is 276 g/mol. The van der Waals surface area contributed by atoms with Gasteiger partial charge in [0.15, 0.2) is 0 Å². The van der Waals surface area contributed by atoms with Crippen LogP contribution in [0.5, 0.6) is 0 Å². The van der Waals surface area contributed by atoms with Crippen molar-refractivity contribution in [2.45, 2.75) is 25.6 Å². The molecule has 0 fully saturated rings. The van der Waals surface area contributed by atoms with Crippen LogP contribution in [0.4, 0.5) is 0 Å². The largest absolute Gasteiger partial charge is 0.375 e. The lowest BCUT2D eigenvalue weighted by Crippen LogP contribution is -2.41. The molecule has 2 rings (SSSR count). The molecule has 4 nitrogen and oxygen atoms in total. The Morgan fingerprint density at radius 1 is 1.09 bits per heavy atom. The molecular formula is C18H22N2O2. The summed E-state index contributed by atoms with van der Waals surface area (Å²) in [5.41, 5.74) is 7.87. The minimum absolute atomic E-state index is 0.0917. The molecule has 0 aliphatic carbocycles. The highest BCUT2D eigenvalue weighted by molar-refractivity contribution is 5.83. The summed E-state index contributed by atoms with van der Waals surface area (Å²) < 4.78 is 5.61. The summed E-state index contributed by atoms with van der Waals surface area (Å²) >= 11 is 0. The average molecular weight is 298 g/mol. The molecule has 0 saturated carbocycles. The number of amides is 1. The topological polar surface area (TPSA) is 64.3 Å². The Hall–Kier alpha value is -2.17. The average Bonchev–Trinajstić information content (AvgIpc) is 2.56. The molecule has 2 unspecified atom stereocenters. The number of hydrogen-bond acceptors (Lipinski definition) is 3. The molecule has 0 aliphatic heterocycles. The lowest BCUT2D eigenvalue weighted by atomic mass is 10.1. The Bertz CT molecular complexity index is 572. The van der Waals surface area contributed by atoms with Crippen molar-refractivity contribution in [3.8, 4) is 0 Å². The third-order valence-electron chi connectivity index (χ3n) is 3.31. The van der Waals surface area contributed by atoms with Gasteiger partial charge in [0.1, 0.15) is 6.04 Å². The second kappa shape index (κ2) is 8.32. The van der Waals surface area contributed by atoms with Gasteiger partial charge in [0.25, 0.3) is 0 Å². The zero-order chi connectivity index (χ0) is 15.8. The van der Waals surface area contributed by atoms with E-state index in [1.165, 1.54) is 0 Å². The van der Waals surface area contributed by atoms with Gasteiger partial charge in [0.05, 0.1) is 13.2 Å². The normalized spacial score (nSPS) is 13.4. The fourth-order valence-corrected chi connectivity index (χ4v) is 2.11. The first-order valence-corrected chi connectivity index (χ1v) is 7.39. The summed E-state index contributed by atoms with van der Waals surface area (Å²) in [5, 5.41) is 2.88. The van der Waals surface area contributed by atoms with Gasteiger partial charge in [-0.2, -0.15) is 0 Å². The summed E-state index contributed by atoms with van der Waals surface area (Å²) in [7, 11) is 0. The van der Waals surface area contributed by atoms with E-state index in [4.69, 9.17) is 10.5 Å². The first-order chi connectivity index (χ1) is 10.7. The van der Waals surface area contributed by atoms with Crippen molar-refractivity contribution in [3.05, 3.63) is 71.8 Å². The number of carbonyl (C=O) groups is 1. The molecule has 0 radical (unpaired) electrons. The second-order valence-corrected chi connectivity index (χ2v) is 5.30. The molecule has 3 N–H and O–H groups in total. The quantitative estimate of drug-likeness (QED) is 0.825. The predicted octanol–water partition coefficient (Wildman–Crippen LogP) is 2.41. The van der Waals surface area contributed by atoms with Gasteiger partial charge in [-0.1, -0.05) is 60.7 Å². The van der Waals surface area contributed by atoms with Gasteiger partial charge in [0, 0.05) is 6.04 Å². The minimum Gasteiger partial charge on any atom is -0.375 e. The molecule has 0 spiro atoms. The number of rotatable bonds is 7. The fraction of sp³-hybridized carbons (Fsp3) is 0.278. The number of benzene rings is 2. The maximum absolute atomic E-state index is 12.1. The molecule has 116 valence electrons. The van der Waals surface area contributed by atoms with Crippen LogP contribution in [-0.2, 0) is 16.1 Å². The van der Waals surface area contributed by atoms with Crippen molar-refractivity contribution in [2.24, 2.45) is 5.73 Å². The third kappa shape index (κ3) is 4.98. The highest BCUT2D eigenvalue weighted by Gasteiger charge is 2.17. The molecule has 2 aromatic rings. The Morgan fingerprint density at radius 2 is 1.68 bits per heavy atom. The number of hydrogen-bond donors (Lipinski definition) is 2. The van der Waals surface area contributed by atoms with Gasteiger partial charge >= 0.3 is 0 Å². The first-order valence-electron chi connectivity index (χ1n) is 7.39. The Morgan fingerprint density at radius 3 is 2.32 bits per heavy atom. The van der Waals surface area contributed by atoms with Gasteiger partial charge in [0.2, 0.25) is 5.91 Å². The summed E-state index contributed by atoms with van der Waals surface area (Å²) in [6.07, 6.45) is 0. The summed E-state index contributed by atoms with van der Waals surface area (Å²) in [5.74, 6) is -0.193. The van der Waals surface area contributed by atoms with Gasteiger partial charge in [-0.15, -0.1) is 0 Å². The summed E-state index contributed by atoms with van der Waals surface area (Å²) in [4.78, 5) is 12.1. The van der Waals surface area contributed by atoms with Crippen LogP contribution >= 0.6 is 0 Å². The van der Waals surface area contributed by atoms with E-state index < -0.39 is 6.04 Å². The monoisotopic (exact) mass is 298 g/mol. The van der Waals surface area contributed by atoms with E-state index >= 15 is 0 Å². The van der Waals surface area contributed by atoms with Gasteiger partial charge in [-0.05, 0) is 18.1 Å². The minimum atomic E-state index is -0.655. The Kier molecular flexibility index (Phi) is 6.13. The van der Waals surface area contributed by atoms with E-state index in [0.717, 1.165) is 11.1 Å². The Labute approximate surface area is 131 Å². The predicted molar refractivity (Wildman–Crippen MR) is 87.1 cm³/mol. The van der Waals surface area contributed by atoms with Crippen molar-refractivity contribution < 1.29 is 9.53 Å². The van der Waals surface area contributed by atoms with Gasteiger partial charge in [-0.25, -0.2) is 0 Å². The zero-order valence-corrected chi connectivity index (χ0v) is 12.7. The Balaban J connectivity index is 1.74. The van der Waals surface area contributed by atoms with Gasteiger partial charge < -0.3 is 15.8 Å². The summed E-state index contributed by atoms with van der Waals surface area (Å²) in [6.45, 7) is 2.88. The van der Waals surface area contributed by atoms with Crippen LogP contribution in [-0.4, -0.2) is 18.6 Å². The molecule has 4 heteroatoms. The fourth-order valence-electron chi connectivity index (χ4n) is 2.11. The molecule has 2 atom stereocenters. The van der Waals surface area contributed by atoms with E-state index in [2.05, 4.69) is 5.32 Å². The van der Waals surface area contributed by atoms with Crippen molar-refractivity contribution >= 4 is 5.91 Å². The highest BCUT2D eigenvalue weighted by atomic mass is 16.5. The van der Waals surface area contributed by atoms with Crippen molar-refractivity contribution in [2.75, 3.05) is 6.61 Å². The number of nitrogens with two attached hydrogens (primary N) is 1. The second-order valence-electron chi connectivity index (χ2n) is 5.30. The molecule has 0 aliphatic rings. The third-order valence-corrected chi connectivity index (χ3v) is 3.31.